The molecule has 2 aromatic rings. The number of alkyl halides is 3. The molecule has 0 heterocycles. The van der Waals surface area contributed by atoms with Crippen molar-refractivity contribution in [1.29, 1.82) is 0 Å². The number of anilines is 2. The molecular weight excluding hydrogens is 593 g/mol. The molecule has 1 aliphatic rings. The number of carbonyl (C=O) groups excluding carboxylic acids is 3. The standard InChI is InChI=1S/C33H41F3N2O7/c34-33(35,36)16-5-19-42-28-13-9-24(10-14-28)32(41)45-29-11-6-23(7-12-29)8-15-30(39)43-17-3-1-2-4-18-44-31(40)25-20-26(37)22-27(38)21-25/h6-8,11-12,15,20-22,24,28H,1-5,9-10,13-14,16-19,37-38H2/b15-8+. The summed E-state index contributed by atoms with van der Waals surface area (Å²) >= 11 is 0. The lowest BCUT2D eigenvalue weighted by atomic mass is 9.87. The van der Waals surface area contributed by atoms with Gasteiger partial charge in [0, 0.05) is 30.5 Å². The van der Waals surface area contributed by atoms with Crippen molar-refractivity contribution in [1.82, 2.24) is 0 Å². The summed E-state index contributed by atoms with van der Waals surface area (Å²) in [5, 5.41) is 0. The maximum absolute atomic E-state index is 12.6. The highest BCUT2D eigenvalue weighted by atomic mass is 19.4. The molecule has 246 valence electrons. The molecule has 0 aliphatic heterocycles. The minimum Gasteiger partial charge on any atom is -0.463 e. The van der Waals surface area contributed by atoms with Gasteiger partial charge in [0.15, 0.2) is 0 Å². The fourth-order valence-electron chi connectivity index (χ4n) is 4.82. The second kappa shape index (κ2) is 18.0. The third-order valence-electron chi connectivity index (χ3n) is 7.21. The molecule has 9 nitrogen and oxygen atoms in total. The van der Waals surface area contributed by atoms with Crippen LogP contribution in [0.1, 0.15) is 80.1 Å². The lowest BCUT2D eigenvalue weighted by Gasteiger charge is -2.27. The number of hydrogen-bond donors (Lipinski definition) is 2. The number of nitrogens with two attached hydrogens (primary N) is 2. The van der Waals surface area contributed by atoms with Gasteiger partial charge in [-0.1, -0.05) is 12.1 Å². The predicted octanol–water partition coefficient (Wildman–Crippen LogP) is 6.65. The molecule has 0 spiro atoms. The second-order valence-corrected chi connectivity index (χ2v) is 11.0. The molecule has 0 saturated heterocycles. The lowest BCUT2D eigenvalue weighted by molar-refractivity contribution is -0.143. The van der Waals surface area contributed by atoms with Crippen molar-refractivity contribution in [3.05, 3.63) is 59.7 Å². The molecule has 1 fully saturated rings. The summed E-state index contributed by atoms with van der Waals surface area (Å²) < 4.78 is 58.2. The molecule has 1 aliphatic carbocycles. The van der Waals surface area contributed by atoms with Gasteiger partial charge in [-0.15, -0.1) is 0 Å². The third kappa shape index (κ3) is 14.1. The summed E-state index contributed by atoms with van der Waals surface area (Å²) in [6.45, 7) is 0.597. The van der Waals surface area contributed by atoms with Gasteiger partial charge in [0.25, 0.3) is 0 Å². The molecule has 0 amide bonds. The zero-order valence-electron chi connectivity index (χ0n) is 25.2. The Hall–Kier alpha value is -4.06. The summed E-state index contributed by atoms with van der Waals surface area (Å²) in [5.74, 6) is -1.19. The van der Waals surface area contributed by atoms with Crippen LogP contribution >= 0.6 is 0 Å². The highest BCUT2D eigenvalue weighted by molar-refractivity contribution is 5.91. The van der Waals surface area contributed by atoms with E-state index in [1.165, 1.54) is 18.2 Å². The summed E-state index contributed by atoms with van der Waals surface area (Å²) in [7, 11) is 0. The van der Waals surface area contributed by atoms with Crippen LogP contribution in [0.25, 0.3) is 6.08 Å². The van der Waals surface area contributed by atoms with Gasteiger partial charge in [-0.3, -0.25) is 4.79 Å². The van der Waals surface area contributed by atoms with Crippen LogP contribution in [-0.4, -0.2) is 50.0 Å². The highest BCUT2D eigenvalue weighted by Crippen LogP contribution is 2.29. The SMILES string of the molecule is Nc1cc(N)cc(C(=O)OCCCCCCOC(=O)/C=C/c2ccc(OC(=O)C3CCC(OCCCC(F)(F)F)CC3)cc2)c1. The van der Waals surface area contributed by atoms with E-state index < -0.39 is 24.5 Å². The van der Waals surface area contributed by atoms with E-state index in [2.05, 4.69) is 0 Å². The molecule has 4 N–H and O–H groups in total. The Balaban J connectivity index is 1.23. The summed E-state index contributed by atoms with van der Waals surface area (Å²) in [4.78, 5) is 36.6. The van der Waals surface area contributed by atoms with Gasteiger partial charge in [-0.2, -0.15) is 13.2 Å². The Morgan fingerprint density at radius 2 is 1.42 bits per heavy atom. The van der Waals surface area contributed by atoms with Crippen LogP contribution in [0.3, 0.4) is 0 Å². The minimum atomic E-state index is -4.17. The van der Waals surface area contributed by atoms with Crippen molar-refractivity contribution in [2.45, 2.75) is 76.5 Å². The number of nitrogen functional groups attached to an aromatic ring is 2. The molecule has 12 heteroatoms. The number of hydrogen-bond acceptors (Lipinski definition) is 9. The van der Waals surface area contributed by atoms with Gasteiger partial charge >= 0.3 is 24.1 Å². The number of rotatable bonds is 16. The fraction of sp³-hybridized carbons (Fsp3) is 0.485. The van der Waals surface area contributed by atoms with Gasteiger partial charge < -0.3 is 30.4 Å². The van der Waals surface area contributed by atoms with E-state index in [9.17, 15) is 27.6 Å². The van der Waals surface area contributed by atoms with Crippen LogP contribution in [0, 0.1) is 5.92 Å². The predicted molar refractivity (Wildman–Crippen MR) is 163 cm³/mol. The number of benzene rings is 2. The average molecular weight is 635 g/mol. The van der Waals surface area contributed by atoms with Gasteiger partial charge in [0.05, 0.1) is 30.8 Å². The number of halogens is 3. The first-order valence-electron chi connectivity index (χ1n) is 15.2. The van der Waals surface area contributed by atoms with Crippen LogP contribution in [0.15, 0.2) is 48.5 Å². The number of ether oxygens (including phenoxy) is 4. The van der Waals surface area contributed by atoms with Crippen LogP contribution in [-0.2, 0) is 23.8 Å². The minimum absolute atomic E-state index is 0.0591. The first-order valence-corrected chi connectivity index (χ1v) is 15.2. The molecule has 45 heavy (non-hydrogen) atoms. The Bertz CT molecular complexity index is 1250. The van der Waals surface area contributed by atoms with Crippen LogP contribution in [0.4, 0.5) is 24.5 Å². The molecular formula is C33H41F3N2O7. The van der Waals surface area contributed by atoms with Gasteiger partial charge in [0.2, 0.25) is 0 Å². The summed E-state index contributed by atoms with van der Waals surface area (Å²) in [6.07, 6.45) is 2.98. The number of carbonyl (C=O) groups is 3. The Labute approximate surface area is 261 Å². The monoisotopic (exact) mass is 634 g/mol. The summed E-state index contributed by atoms with van der Waals surface area (Å²) in [6, 6.07) is 11.3. The maximum Gasteiger partial charge on any atom is 0.389 e. The van der Waals surface area contributed by atoms with E-state index in [0.29, 0.717) is 61.2 Å². The van der Waals surface area contributed by atoms with E-state index >= 15 is 0 Å². The highest BCUT2D eigenvalue weighted by Gasteiger charge is 2.29. The molecule has 0 atom stereocenters. The molecule has 0 bridgehead atoms. The van der Waals surface area contributed by atoms with Crippen molar-refractivity contribution in [2.75, 3.05) is 31.3 Å². The number of unbranched alkanes of at least 4 members (excludes halogenated alkanes) is 3. The normalized spacial score (nSPS) is 16.8. The molecule has 0 unspecified atom stereocenters. The maximum atomic E-state index is 12.6. The first-order chi connectivity index (χ1) is 21.5. The fourth-order valence-corrected chi connectivity index (χ4v) is 4.82. The zero-order valence-corrected chi connectivity index (χ0v) is 25.2. The van der Waals surface area contributed by atoms with E-state index in [1.54, 1.807) is 36.4 Å². The Morgan fingerprint density at radius 3 is 2.04 bits per heavy atom. The van der Waals surface area contributed by atoms with E-state index in [0.717, 1.165) is 18.4 Å². The first kappa shape index (κ1) is 35.4. The van der Waals surface area contributed by atoms with Crippen LogP contribution < -0.4 is 16.2 Å². The van der Waals surface area contributed by atoms with Crippen molar-refractivity contribution in [3.8, 4) is 5.75 Å². The van der Waals surface area contributed by atoms with E-state index in [-0.39, 0.29) is 44.2 Å². The zero-order chi connectivity index (χ0) is 32.7. The van der Waals surface area contributed by atoms with Crippen molar-refractivity contribution in [2.24, 2.45) is 5.92 Å². The summed E-state index contributed by atoms with van der Waals surface area (Å²) in [5.41, 5.74) is 13.2. The topological polar surface area (TPSA) is 140 Å². The van der Waals surface area contributed by atoms with E-state index in [1.807, 2.05) is 0 Å². The third-order valence-corrected chi connectivity index (χ3v) is 7.21. The average Bonchev–Trinajstić information content (AvgIpc) is 2.99. The van der Waals surface area contributed by atoms with Gasteiger partial charge in [-0.25, -0.2) is 9.59 Å². The quantitative estimate of drug-likeness (QED) is 0.0683. The lowest BCUT2D eigenvalue weighted by Crippen LogP contribution is -2.29. The van der Waals surface area contributed by atoms with Gasteiger partial charge in [0.1, 0.15) is 5.75 Å². The molecule has 2 aromatic carbocycles. The molecule has 3 rings (SSSR count). The van der Waals surface area contributed by atoms with Crippen LogP contribution in [0.2, 0.25) is 0 Å². The smallest absolute Gasteiger partial charge is 0.389 e. The van der Waals surface area contributed by atoms with Gasteiger partial charge in [-0.05, 0) is 99.8 Å². The largest absolute Gasteiger partial charge is 0.463 e. The van der Waals surface area contributed by atoms with Crippen LogP contribution in [0.5, 0.6) is 5.75 Å². The molecule has 1 saturated carbocycles. The van der Waals surface area contributed by atoms with Crippen molar-refractivity contribution < 1.29 is 46.5 Å². The molecule has 0 radical (unpaired) electrons. The Morgan fingerprint density at radius 1 is 0.800 bits per heavy atom. The number of esters is 3. The Kier molecular flexibility index (Phi) is 14.2. The van der Waals surface area contributed by atoms with E-state index in [4.69, 9.17) is 30.4 Å². The molecule has 0 aromatic heterocycles. The van der Waals surface area contributed by atoms with Crippen molar-refractivity contribution >= 4 is 35.4 Å². The second-order valence-electron chi connectivity index (χ2n) is 11.0. The van der Waals surface area contributed by atoms with Crippen molar-refractivity contribution in [3.63, 3.8) is 0 Å².